The Balaban J connectivity index is 1.83. The van der Waals surface area contributed by atoms with Crippen molar-refractivity contribution in [3.63, 3.8) is 0 Å². The first-order valence-electron chi connectivity index (χ1n) is 9.45. The minimum atomic E-state index is -0.737. The number of benzene rings is 2. The van der Waals surface area contributed by atoms with Crippen molar-refractivity contribution in [2.75, 3.05) is 16.8 Å². The van der Waals surface area contributed by atoms with Crippen LogP contribution in [-0.2, 0) is 16.0 Å². The van der Waals surface area contributed by atoms with Crippen molar-refractivity contribution < 1.29 is 9.59 Å². The van der Waals surface area contributed by atoms with Gasteiger partial charge in [-0.3, -0.25) is 9.59 Å². The Morgan fingerprint density at radius 2 is 1.97 bits per heavy atom. The first kappa shape index (κ1) is 22.3. The highest BCUT2D eigenvalue weighted by Gasteiger charge is 2.43. The van der Waals surface area contributed by atoms with E-state index >= 15 is 0 Å². The Bertz CT molecular complexity index is 994. The van der Waals surface area contributed by atoms with E-state index in [4.69, 9.17) is 35.4 Å². The zero-order valence-electron chi connectivity index (χ0n) is 16.4. The summed E-state index contributed by atoms with van der Waals surface area (Å²) in [6, 6.07) is 11.6. The molecule has 30 heavy (non-hydrogen) atoms. The molecule has 8 heteroatoms. The monoisotopic (exact) mass is 461 g/mol. The van der Waals surface area contributed by atoms with Gasteiger partial charge in [0, 0.05) is 11.6 Å². The second-order valence-electron chi connectivity index (χ2n) is 6.80. The van der Waals surface area contributed by atoms with Crippen LogP contribution in [0.25, 0.3) is 0 Å². The van der Waals surface area contributed by atoms with E-state index in [1.54, 1.807) is 41.3 Å². The predicted molar refractivity (Wildman–Crippen MR) is 126 cm³/mol. The number of imide groups is 1. The van der Waals surface area contributed by atoms with Gasteiger partial charge in [-0.15, -0.1) is 6.58 Å². The van der Waals surface area contributed by atoms with Crippen molar-refractivity contribution in [2.24, 2.45) is 0 Å². The summed E-state index contributed by atoms with van der Waals surface area (Å²) < 4.78 is 0. The molecule has 2 aromatic carbocycles. The molecule has 1 unspecified atom stereocenters. The Kier molecular flexibility index (Phi) is 7.13. The maximum absolute atomic E-state index is 13.2. The quantitative estimate of drug-likeness (QED) is 0.369. The number of halogens is 2. The number of hydrogen-bond acceptors (Lipinski definition) is 3. The van der Waals surface area contributed by atoms with Gasteiger partial charge in [0.2, 0.25) is 5.91 Å². The van der Waals surface area contributed by atoms with Gasteiger partial charge in [-0.25, -0.2) is 4.90 Å². The van der Waals surface area contributed by atoms with E-state index in [0.717, 1.165) is 12.0 Å². The molecule has 1 aliphatic heterocycles. The number of thiocarbonyl (C=S) groups is 1. The number of aryl methyl sites for hydroxylation is 1. The van der Waals surface area contributed by atoms with Crippen LogP contribution in [-0.4, -0.2) is 34.4 Å². The molecule has 1 atom stereocenters. The molecule has 0 aromatic heterocycles. The molecule has 5 nitrogen and oxygen atoms in total. The lowest BCUT2D eigenvalue weighted by Crippen LogP contribution is -2.47. The lowest BCUT2D eigenvalue weighted by atomic mass is 10.1. The molecule has 0 bridgehead atoms. The van der Waals surface area contributed by atoms with Crippen LogP contribution in [0.5, 0.6) is 0 Å². The normalized spacial score (nSPS) is 16.0. The topological polar surface area (TPSA) is 52.7 Å². The lowest BCUT2D eigenvalue weighted by Gasteiger charge is -2.29. The van der Waals surface area contributed by atoms with Crippen LogP contribution in [0.15, 0.2) is 55.1 Å². The van der Waals surface area contributed by atoms with E-state index in [9.17, 15) is 9.59 Å². The highest BCUT2D eigenvalue weighted by atomic mass is 35.5. The molecule has 1 aliphatic rings. The number of anilines is 2. The van der Waals surface area contributed by atoms with Crippen molar-refractivity contribution >= 4 is 63.7 Å². The summed E-state index contributed by atoms with van der Waals surface area (Å²) in [5.41, 5.74) is 2.21. The van der Waals surface area contributed by atoms with E-state index in [0.29, 0.717) is 21.4 Å². The van der Waals surface area contributed by atoms with Crippen molar-refractivity contribution in [3.8, 4) is 0 Å². The van der Waals surface area contributed by atoms with E-state index in [1.807, 2.05) is 19.1 Å². The Labute approximate surface area is 191 Å². The Morgan fingerprint density at radius 3 is 2.60 bits per heavy atom. The van der Waals surface area contributed by atoms with Gasteiger partial charge in [0.25, 0.3) is 5.91 Å². The first-order chi connectivity index (χ1) is 14.3. The van der Waals surface area contributed by atoms with Crippen LogP contribution in [0.3, 0.4) is 0 Å². The number of nitrogens with zero attached hydrogens (tertiary/aromatic N) is 2. The molecule has 0 saturated carbocycles. The highest BCUT2D eigenvalue weighted by Crippen LogP contribution is 2.29. The van der Waals surface area contributed by atoms with Crippen molar-refractivity contribution in [1.29, 1.82) is 0 Å². The first-order valence-corrected chi connectivity index (χ1v) is 10.6. The van der Waals surface area contributed by atoms with E-state index in [-0.39, 0.29) is 29.9 Å². The van der Waals surface area contributed by atoms with Gasteiger partial charge in [0.05, 0.1) is 22.8 Å². The molecule has 2 amide bonds. The molecule has 156 valence electrons. The van der Waals surface area contributed by atoms with Crippen LogP contribution >= 0.6 is 35.4 Å². The van der Waals surface area contributed by atoms with Gasteiger partial charge in [-0.1, -0.05) is 48.3 Å². The second-order valence-corrected chi connectivity index (χ2v) is 8.03. The average Bonchev–Trinajstić information content (AvgIpc) is 3.02. The van der Waals surface area contributed by atoms with Gasteiger partial charge in [0.1, 0.15) is 6.04 Å². The SMILES string of the molecule is C=CCN(C(=S)Nc1cc(Cl)ccc1Cl)C1CC(=O)N(c2ccc(CC)cc2)C1=O. The fraction of sp³-hybridized carbons (Fsp3) is 0.227. The van der Waals surface area contributed by atoms with Gasteiger partial charge in [-0.2, -0.15) is 0 Å². The summed E-state index contributed by atoms with van der Waals surface area (Å²) in [6.07, 6.45) is 2.53. The van der Waals surface area contributed by atoms with Gasteiger partial charge < -0.3 is 10.2 Å². The molecule has 0 radical (unpaired) electrons. The summed E-state index contributed by atoms with van der Waals surface area (Å²) in [7, 11) is 0. The van der Waals surface area contributed by atoms with Crippen LogP contribution in [0.2, 0.25) is 10.0 Å². The third-order valence-corrected chi connectivity index (χ3v) is 5.76. The zero-order valence-corrected chi connectivity index (χ0v) is 18.7. The molecule has 1 N–H and O–H groups in total. The van der Waals surface area contributed by atoms with Crippen LogP contribution < -0.4 is 10.2 Å². The number of nitrogens with one attached hydrogen (secondary N) is 1. The minimum absolute atomic E-state index is 0.0211. The zero-order chi connectivity index (χ0) is 21.8. The fourth-order valence-corrected chi connectivity index (χ4v) is 3.93. The predicted octanol–water partition coefficient (Wildman–Crippen LogP) is 5.07. The molecule has 0 aliphatic carbocycles. The van der Waals surface area contributed by atoms with E-state index < -0.39 is 6.04 Å². The molecule has 1 saturated heterocycles. The number of hydrogen-bond donors (Lipinski definition) is 1. The third kappa shape index (κ3) is 4.67. The van der Waals surface area contributed by atoms with Crippen LogP contribution in [0.1, 0.15) is 18.9 Å². The lowest BCUT2D eigenvalue weighted by molar-refractivity contribution is -0.122. The number of carbonyl (C=O) groups excluding carboxylic acids is 2. The van der Waals surface area contributed by atoms with Crippen LogP contribution in [0.4, 0.5) is 11.4 Å². The Morgan fingerprint density at radius 1 is 1.27 bits per heavy atom. The van der Waals surface area contributed by atoms with Crippen molar-refractivity contribution in [1.82, 2.24) is 4.90 Å². The fourth-order valence-electron chi connectivity index (χ4n) is 3.28. The van der Waals surface area contributed by atoms with Crippen molar-refractivity contribution in [2.45, 2.75) is 25.8 Å². The molecule has 1 heterocycles. The summed E-state index contributed by atoms with van der Waals surface area (Å²) in [5.74, 6) is -0.598. The molecule has 1 fully saturated rings. The molecule has 3 rings (SSSR count). The van der Waals surface area contributed by atoms with Gasteiger partial charge >= 0.3 is 0 Å². The Hall–Kier alpha value is -2.41. The molecular weight excluding hydrogens is 441 g/mol. The van der Waals surface area contributed by atoms with Gasteiger partial charge in [0.15, 0.2) is 5.11 Å². The third-order valence-electron chi connectivity index (χ3n) is 4.86. The number of amides is 2. The second kappa shape index (κ2) is 9.60. The largest absolute Gasteiger partial charge is 0.333 e. The standard InChI is InChI=1S/C22H21Cl2N3O2S/c1-3-11-26(22(30)25-18-12-15(23)7-10-17(18)24)19-13-20(28)27(21(19)29)16-8-5-14(4-2)6-9-16/h3,5-10,12,19H,1,4,11,13H2,2H3,(H,25,30). The molecule has 2 aromatic rings. The summed E-state index contributed by atoms with van der Waals surface area (Å²) in [6.45, 7) is 6.08. The number of carbonyl (C=O) groups is 2. The average molecular weight is 462 g/mol. The maximum Gasteiger partial charge on any atom is 0.257 e. The summed E-state index contributed by atoms with van der Waals surface area (Å²) in [4.78, 5) is 28.7. The summed E-state index contributed by atoms with van der Waals surface area (Å²) >= 11 is 17.8. The molecular formula is C22H21Cl2N3O2S. The van der Waals surface area contributed by atoms with Crippen LogP contribution in [0, 0.1) is 0 Å². The minimum Gasteiger partial charge on any atom is -0.333 e. The van der Waals surface area contributed by atoms with Crippen molar-refractivity contribution in [3.05, 3.63) is 70.7 Å². The van der Waals surface area contributed by atoms with E-state index in [1.165, 1.54) is 4.90 Å². The smallest absolute Gasteiger partial charge is 0.257 e. The number of rotatable bonds is 6. The van der Waals surface area contributed by atoms with Gasteiger partial charge in [-0.05, 0) is 54.5 Å². The highest BCUT2D eigenvalue weighted by molar-refractivity contribution is 7.80. The maximum atomic E-state index is 13.2. The van der Waals surface area contributed by atoms with E-state index in [2.05, 4.69) is 11.9 Å². The molecule has 0 spiro atoms. The summed E-state index contributed by atoms with van der Waals surface area (Å²) in [5, 5.41) is 4.22.